The largest absolute Gasteiger partial charge is 0.375 e. The van der Waals surface area contributed by atoms with Crippen molar-refractivity contribution in [2.45, 2.75) is 51.7 Å². The van der Waals surface area contributed by atoms with E-state index in [1.54, 1.807) is 0 Å². The lowest BCUT2D eigenvalue weighted by Gasteiger charge is -2.27. The van der Waals surface area contributed by atoms with Gasteiger partial charge in [0.05, 0.1) is 12.2 Å². The summed E-state index contributed by atoms with van der Waals surface area (Å²) < 4.78 is 5.81. The summed E-state index contributed by atoms with van der Waals surface area (Å²) in [6.45, 7) is 4.11. The summed E-state index contributed by atoms with van der Waals surface area (Å²) in [5.74, 6) is 0.499. The lowest BCUT2D eigenvalue weighted by molar-refractivity contribution is -0.0149. The molecule has 2 unspecified atom stereocenters. The summed E-state index contributed by atoms with van der Waals surface area (Å²) in [7, 11) is 0. The van der Waals surface area contributed by atoms with Gasteiger partial charge in [-0.15, -0.1) is 0 Å². The minimum atomic E-state index is 0.178. The Bertz CT molecular complexity index is 446. The number of carbonyl (C=O) groups is 1. The van der Waals surface area contributed by atoms with Gasteiger partial charge in [0.25, 0.3) is 0 Å². The Morgan fingerprint density at radius 2 is 1.61 bits per heavy atom. The van der Waals surface area contributed by atoms with E-state index in [2.05, 4.69) is 19.9 Å². The first kappa shape index (κ1) is 11.9. The molecular weight excluding hydrogens is 224 g/mol. The van der Waals surface area contributed by atoms with E-state index in [1.165, 1.54) is 11.1 Å². The van der Waals surface area contributed by atoms with E-state index in [9.17, 15) is 4.79 Å². The monoisotopic (exact) mass is 244 g/mol. The third kappa shape index (κ3) is 2.22. The number of hydrogen-bond acceptors (Lipinski definition) is 2. The van der Waals surface area contributed by atoms with Crippen LogP contribution >= 0.6 is 0 Å². The van der Waals surface area contributed by atoms with E-state index >= 15 is 0 Å². The van der Waals surface area contributed by atoms with E-state index < -0.39 is 0 Å². The number of aryl methyl sites for hydroxylation is 2. The van der Waals surface area contributed by atoms with Gasteiger partial charge in [-0.1, -0.05) is 17.2 Å². The molecule has 96 valence electrons. The third-order valence-electron chi connectivity index (χ3n) is 4.17. The number of fused-ring (bicyclic) bond motifs is 2. The highest BCUT2D eigenvalue weighted by atomic mass is 16.5. The average molecular weight is 244 g/mol. The van der Waals surface area contributed by atoms with E-state index in [0.29, 0.717) is 18.0 Å². The topological polar surface area (TPSA) is 26.3 Å². The number of carbonyl (C=O) groups excluding carboxylic acids is 1. The van der Waals surface area contributed by atoms with Gasteiger partial charge in [0.15, 0.2) is 5.78 Å². The van der Waals surface area contributed by atoms with Crippen LogP contribution in [0, 0.1) is 19.8 Å². The summed E-state index contributed by atoms with van der Waals surface area (Å²) in [6.07, 6.45) is 4.79. The Hall–Kier alpha value is -1.15. The standard InChI is InChI=1S/C16H20O2/c1-10-5-11(2)7-12(6-10)16(17)13-8-14-3-4-15(9-13)18-14/h5-7,13-15H,3-4,8-9H2,1-2H3. The number of rotatable bonds is 2. The van der Waals surface area contributed by atoms with Crippen molar-refractivity contribution < 1.29 is 9.53 Å². The highest BCUT2D eigenvalue weighted by Gasteiger charge is 2.38. The van der Waals surface area contributed by atoms with Crippen molar-refractivity contribution >= 4 is 5.78 Å². The number of Topliss-reactive ketones (excluding diaryl/α,β-unsaturated/α-hetero) is 1. The maximum atomic E-state index is 12.6. The zero-order valence-corrected chi connectivity index (χ0v) is 11.1. The third-order valence-corrected chi connectivity index (χ3v) is 4.17. The molecule has 1 aromatic carbocycles. The van der Waals surface area contributed by atoms with E-state index in [1.807, 2.05) is 12.1 Å². The summed E-state index contributed by atoms with van der Waals surface area (Å²) >= 11 is 0. The van der Waals surface area contributed by atoms with Crippen LogP contribution in [0.1, 0.15) is 47.2 Å². The molecule has 0 saturated carbocycles. The van der Waals surface area contributed by atoms with E-state index in [4.69, 9.17) is 4.74 Å². The van der Waals surface area contributed by atoms with Crippen molar-refractivity contribution in [2.75, 3.05) is 0 Å². The molecule has 2 aliphatic rings. The van der Waals surface area contributed by atoms with Crippen molar-refractivity contribution in [2.24, 2.45) is 5.92 Å². The number of ether oxygens (including phenoxy) is 1. The van der Waals surface area contributed by atoms with Gasteiger partial charge in [0.2, 0.25) is 0 Å². The first-order valence-electron chi connectivity index (χ1n) is 6.90. The van der Waals surface area contributed by atoms with Gasteiger partial charge >= 0.3 is 0 Å². The molecule has 2 aliphatic heterocycles. The molecule has 0 aliphatic carbocycles. The van der Waals surface area contributed by atoms with Gasteiger partial charge < -0.3 is 4.74 Å². The number of ketones is 1. The Balaban J connectivity index is 1.81. The van der Waals surface area contributed by atoms with Crippen LogP contribution in [0.2, 0.25) is 0 Å². The quantitative estimate of drug-likeness (QED) is 0.745. The van der Waals surface area contributed by atoms with Crippen LogP contribution in [-0.2, 0) is 4.74 Å². The molecule has 0 amide bonds. The van der Waals surface area contributed by atoms with Gasteiger partial charge in [-0.25, -0.2) is 0 Å². The molecule has 0 N–H and O–H groups in total. The van der Waals surface area contributed by atoms with Crippen molar-refractivity contribution in [3.05, 3.63) is 34.9 Å². The van der Waals surface area contributed by atoms with Crippen LogP contribution in [0.15, 0.2) is 18.2 Å². The second-order valence-electron chi connectivity index (χ2n) is 5.87. The summed E-state index contributed by atoms with van der Waals surface area (Å²) in [5, 5.41) is 0. The molecule has 0 spiro atoms. The Morgan fingerprint density at radius 1 is 1.06 bits per heavy atom. The maximum Gasteiger partial charge on any atom is 0.166 e. The summed E-state index contributed by atoms with van der Waals surface area (Å²) in [4.78, 5) is 12.6. The molecule has 2 bridgehead atoms. The fourth-order valence-corrected chi connectivity index (χ4v) is 3.42. The van der Waals surface area contributed by atoms with Gasteiger partial charge in [-0.3, -0.25) is 4.79 Å². The highest BCUT2D eigenvalue weighted by molar-refractivity contribution is 5.98. The van der Waals surface area contributed by atoms with E-state index in [0.717, 1.165) is 31.2 Å². The van der Waals surface area contributed by atoms with Gasteiger partial charge in [-0.2, -0.15) is 0 Å². The van der Waals surface area contributed by atoms with Gasteiger partial charge in [0, 0.05) is 11.5 Å². The van der Waals surface area contributed by atoms with Crippen molar-refractivity contribution in [3.63, 3.8) is 0 Å². The predicted molar refractivity (Wildman–Crippen MR) is 70.9 cm³/mol. The second-order valence-corrected chi connectivity index (χ2v) is 5.87. The SMILES string of the molecule is Cc1cc(C)cc(C(=O)C2CC3CCC(C2)O3)c1. The van der Waals surface area contributed by atoms with Crippen LogP contribution in [-0.4, -0.2) is 18.0 Å². The average Bonchev–Trinajstić information content (AvgIpc) is 2.66. The lowest BCUT2D eigenvalue weighted by atomic mass is 9.87. The zero-order chi connectivity index (χ0) is 12.7. The van der Waals surface area contributed by atoms with Crippen LogP contribution in [0.25, 0.3) is 0 Å². The molecular formula is C16H20O2. The molecule has 0 radical (unpaired) electrons. The van der Waals surface area contributed by atoms with Crippen LogP contribution in [0.3, 0.4) is 0 Å². The van der Waals surface area contributed by atoms with Crippen LogP contribution < -0.4 is 0 Å². The minimum Gasteiger partial charge on any atom is -0.375 e. The Morgan fingerprint density at radius 3 is 2.17 bits per heavy atom. The Kier molecular flexibility index (Phi) is 2.98. The first-order valence-corrected chi connectivity index (χ1v) is 6.90. The Labute approximate surface area is 108 Å². The zero-order valence-electron chi connectivity index (χ0n) is 11.1. The fraction of sp³-hybridized carbons (Fsp3) is 0.562. The van der Waals surface area contributed by atoms with E-state index in [-0.39, 0.29) is 5.92 Å². The molecule has 3 rings (SSSR count). The number of benzene rings is 1. The normalized spacial score (nSPS) is 30.4. The molecule has 1 aromatic rings. The first-order chi connectivity index (χ1) is 8.61. The maximum absolute atomic E-state index is 12.6. The van der Waals surface area contributed by atoms with Crippen molar-refractivity contribution in [3.8, 4) is 0 Å². The molecule has 2 atom stereocenters. The van der Waals surface area contributed by atoms with Gasteiger partial charge in [-0.05, 0) is 51.7 Å². The lowest BCUT2D eigenvalue weighted by Crippen LogP contribution is -2.30. The van der Waals surface area contributed by atoms with Gasteiger partial charge in [0.1, 0.15) is 0 Å². The predicted octanol–water partition coefficient (Wildman–Crippen LogP) is 3.44. The minimum absolute atomic E-state index is 0.178. The molecule has 0 aromatic heterocycles. The molecule has 2 nitrogen and oxygen atoms in total. The van der Waals surface area contributed by atoms with Crippen molar-refractivity contribution in [1.29, 1.82) is 0 Å². The second kappa shape index (κ2) is 4.51. The molecule has 2 heteroatoms. The number of hydrogen-bond donors (Lipinski definition) is 0. The summed E-state index contributed by atoms with van der Waals surface area (Å²) in [6, 6.07) is 6.16. The molecule has 18 heavy (non-hydrogen) atoms. The van der Waals surface area contributed by atoms with Crippen LogP contribution in [0.5, 0.6) is 0 Å². The summed E-state index contributed by atoms with van der Waals surface area (Å²) in [5.41, 5.74) is 3.24. The fourth-order valence-electron chi connectivity index (χ4n) is 3.42. The molecule has 2 saturated heterocycles. The van der Waals surface area contributed by atoms with Crippen molar-refractivity contribution in [1.82, 2.24) is 0 Å². The molecule has 2 fully saturated rings. The molecule has 2 heterocycles. The van der Waals surface area contributed by atoms with Crippen LogP contribution in [0.4, 0.5) is 0 Å². The highest BCUT2D eigenvalue weighted by Crippen LogP contribution is 2.37. The smallest absolute Gasteiger partial charge is 0.166 e.